The van der Waals surface area contributed by atoms with Crippen LogP contribution in [0.2, 0.25) is 5.04 Å². The number of methoxy groups -OCH3 is 2. The number of hydrogen-bond donors (Lipinski definition) is 2. The van der Waals surface area contributed by atoms with Crippen LogP contribution < -0.4 is 19.8 Å². The Morgan fingerprint density at radius 2 is 1.48 bits per heavy atom. The fourth-order valence-corrected chi connectivity index (χ4v) is 10.7. The number of carbonyl (C=O) groups is 1. The number of ether oxygens (including phenoxy) is 3. The van der Waals surface area contributed by atoms with Gasteiger partial charge in [0.1, 0.15) is 5.60 Å². The Bertz CT molecular complexity index is 1480. The molecular formula is C40H55NO6Si. The molecule has 0 spiro atoms. The maximum Gasteiger partial charge on any atom is 0.410 e. The van der Waals surface area contributed by atoms with Gasteiger partial charge in [-0.15, -0.1) is 0 Å². The van der Waals surface area contributed by atoms with Gasteiger partial charge in [-0.25, -0.2) is 4.79 Å². The molecule has 1 aliphatic rings. The van der Waals surface area contributed by atoms with E-state index in [-0.39, 0.29) is 5.04 Å². The zero-order valence-corrected chi connectivity index (χ0v) is 30.9. The summed E-state index contributed by atoms with van der Waals surface area (Å²) in [5.41, 5.74) is 2.10. The van der Waals surface area contributed by atoms with Crippen LogP contribution in [0.25, 0.3) is 0 Å². The first-order chi connectivity index (χ1) is 22.7. The summed E-state index contributed by atoms with van der Waals surface area (Å²) < 4.78 is 16.9. The van der Waals surface area contributed by atoms with E-state index in [1.807, 2.05) is 69.3 Å². The van der Waals surface area contributed by atoms with Crippen molar-refractivity contribution >= 4 is 24.8 Å². The molecule has 8 heteroatoms. The lowest BCUT2D eigenvalue weighted by molar-refractivity contribution is 0.00900. The van der Waals surface area contributed by atoms with Gasteiger partial charge in [0.2, 0.25) is 0 Å². The van der Waals surface area contributed by atoms with Crippen LogP contribution in [0.5, 0.6) is 11.5 Å². The molecule has 260 valence electrons. The van der Waals surface area contributed by atoms with Crippen LogP contribution in [-0.4, -0.2) is 61.7 Å². The van der Waals surface area contributed by atoms with E-state index in [1.54, 1.807) is 19.1 Å². The highest BCUT2D eigenvalue weighted by molar-refractivity contribution is 6.98. The van der Waals surface area contributed by atoms with Gasteiger partial charge < -0.3 is 29.0 Å². The van der Waals surface area contributed by atoms with Crippen molar-refractivity contribution in [3.8, 4) is 11.5 Å². The standard InChI is InChI=1S/C40H55NO6Si/c1-29(18-12-11-17-24-40(5,6)48(44,31-19-13-9-14-20-31)32-21-15-10-16-22-32)35(42)28-34-33-27-37(46-8)36(45-7)26-30(33)23-25-41(34)38(43)47-39(2,3)4/h9-10,13-16,19-22,26-27,34-35,42,44H,1,11-12,17-18,23-25,28H2,2-8H3/t34-,35?/m1/s1. The molecule has 0 radical (unpaired) electrons. The van der Waals surface area contributed by atoms with Crippen molar-refractivity contribution in [2.75, 3.05) is 20.8 Å². The SMILES string of the molecule is C=C(CCCCCC(C)(C)[Si](O)(c1ccccc1)c1ccccc1)C(O)C[C@@H]1c2cc(OC)c(OC)cc2CCN1C(=O)OC(C)(C)C. The maximum atomic E-state index is 13.4. The van der Waals surface area contributed by atoms with Crippen molar-refractivity contribution in [3.63, 3.8) is 0 Å². The first kappa shape index (κ1) is 37.2. The predicted octanol–water partition coefficient (Wildman–Crippen LogP) is 7.33. The molecule has 1 aliphatic heterocycles. The fraction of sp³-hybridized carbons (Fsp3) is 0.475. The van der Waals surface area contributed by atoms with Crippen LogP contribution >= 0.6 is 0 Å². The minimum absolute atomic E-state index is 0.296. The van der Waals surface area contributed by atoms with Crippen LogP contribution in [0.15, 0.2) is 84.9 Å². The highest BCUT2D eigenvalue weighted by Gasteiger charge is 2.49. The fourth-order valence-electron chi connectivity index (χ4n) is 6.95. The van der Waals surface area contributed by atoms with Crippen molar-refractivity contribution in [1.82, 2.24) is 4.90 Å². The van der Waals surface area contributed by atoms with Gasteiger partial charge in [-0.2, -0.15) is 0 Å². The predicted molar refractivity (Wildman–Crippen MR) is 196 cm³/mol. The van der Waals surface area contributed by atoms with Gasteiger partial charge in [-0.1, -0.05) is 93.9 Å². The van der Waals surface area contributed by atoms with E-state index in [1.165, 1.54) is 0 Å². The van der Waals surface area contributed by atoms with E-state index < -0.39 is 32.2 Å². The minimum Gasteiger partial charge on any atom is -0.493 e. The van der Waals surface area contributed by atoms with Crippen LogP contribution in [0.3, 0.4) is 0 Å². The highest BCUT2D eigenvalue weighted by atomic mass is 28.4. The Kier molecular flexibility index (Phi) is 12.2. The van der Waals surface area contributed by atoms with Crippen molar-refractivity contribution in [1.29, 1.82) is 0 Å². The molecule has 1 amide bonds. The number of hydrogen-bond acceptors (Lipinski definition) is 6. The number of unbranched alkanes of at least 4 members (excludes halogenated alkanes) is 2. The van der Waals surface area contributed by atoms with Crippen molar-refractivity contribution in [2.24, 2.45) is 0 Å². The zero-order valence-electron chi connectivity index (χ0n) is 29.9. The molecule has 4 rings (SSSR count). The molecule has 48 heavy (non-hydrogen) atoms. The second-order valence-corrected chi connectivity index (χ2v) is 18.6. The molecular weight excluding hydrogens is 619 g/mol. The molecule has 0 saturated heterocycles. The molecule has 0 aliphatic carbocycles. The third kappa shape index (κ3) is 8.51. The summed E-state index contributed by atoms with van der Waals surface area (Å²) in [6.07, 6.45) is 4.09. The van der Waals surface area contributed by atoms with Crippen LogP contribution in [0, 0.1) is 0 Å². The van der Waals surface area contributed by atoms with Gasteiger partial charge in [-0.05, 0) is 90.7 Å². The summed E-state index contributed by atoms with van der Waals surface area (Å²) in [5, 5.41) is 13.2. The third-order valence-electron chi connectivity index (χ3n) is 9.71. The summed E-state index contributed by atoms with van der Waals surface area (Å²) in [6.45, 7) is 14.7. The molecule has 0 fully saturated rings. The van der Waals surface area contributed by atoms with Gasteiger partial charge in [0.15, 0.2) is 11.5 Å². The summed E-state index contributed by atoms with van der Waals surface area (Å²) in [5.74, 6) is 1.22. The largest absolute Gasteiger partial charge is 0.493 e. The highest BCUT2D eigenvalue weighted by Crippen LogP contribution is 2.42. The molecule has 1 heterocycles. The molecule has 0 aromatic heterocycles. The molecule has 7 nitrogen and oxygen atoms in total. The summed E-state index contributed by atoms with van der Waals surface area (Å²) in [4.78, 5) is 27.5. The lowest BCUT2D eigenvalue weighted by Crippen LogP contribution is -2.65. The van der Waals surface area contributed by atoms with E-state index in [9.17, 15) is 14.7 Å². The van der Waals surface area contributed by atoms with Gasteiger partial charge >= 0.3 is 6.09 Å². The van der Waals surface area contributed by atoms with E-state index in [2.05, 4.69) is 44.7 Å². The first-order valence-electron chi connectivity index (χ1n) is 17.2. The molecule has 3 aromatic carbocycles. The van der Waals surface area contributed by atoms with Crippen molar-refractivity contribution in [2.45, 2.75) is 102 Å². The van der Waals surface area contributed by atoms with Gasteiger partial charge in [0.05, 0.1) is 26.4 Å². The Morgan fingerprint density at radius 3 is 2.02 bits per heavy atom. The third-order valence-corrected chi connectivity index (χ3v) is 14.3. The minimum atomic E-state index is -3.04. The van der Waals surface area contributed by atoms with E-state index >= 15 is 0 Å². The van der Waals surface area contributed by atoms with Crippen LogP contribution in [0.4, 0.5) is 4.79 Å². The summed E-state index contributed by atoms with van der Waals surface area (Å²) in [6, 6.07) is 23.8. The normalized spacial score (nSPS) is 15.8. The molecule has 3 aromatic rings. The van der Waals surface area contributed by atoms with Gasteiger partial charge in [0, 0.05) is 13.0 Å². The van der Waals surface area contributed by atoms with E-state index in [0.29, 0.717) is 37.3 Å². The number of carbonyl (C=O) groups excluding carboxylic acids is 1. The number of rotatable bonds is 14. The smallest absolute Gasteiger partial charge is 0.410 e. The number of fused-ring (bicyclic) bond motifs is 1. The van der Waals surface area contributed by atoms with Crippen LogP contribution in [-0.2, 0) is 11.2 Å². The Balaban J connectivity index is 1.41. The monoisotopic (exact) mass is 673 g/mol. The summed E-state index contributed by atoms with van der Waals surface area (Å²) >= 11 is 0. The number of aliphatic hydroxyl groups is 1. The Morgan fingerprint density at radius 1 is 0.917 bits per heavy atom. The van der Waals surface area contributed by atoms with Crippen molar-refractivity contribution < 1.29 is 28.9 Å². The Labute approximate surface area is 288 Å². The lowest BCUT2D eigenvalue weighted by atomic mass is 9.87. The summed E-state index contributed by atoms with van der Waals surface area (Å²) in [7, 11) is 0.163. The lowest BCUT2D eigenvalue weighted by Gasteiger charge is -2.41. The van der Waals surface area contributed by atoms with E-state index in [0.717, 1.165) is 52.8 Å². The number of aliphatic hydroxyl groups excluding tert-OH is 1. The molecule has 2 atom stereocenters. The molecule has 0 bridgehead atoms. The zero-order chi connectivity index (χ0) is 35.1. The first-order valence-corrected chi connectivity index (χ1v) is 19.1. The number of benzene rings is 3. The van der Waals surface area contributed by atoms with Gasteiger partial charge in [-0.3, -0.25) is 0 Å². The number of nitrogens with zero attached hydrogens (tertiary/aromatic N) is 1. The van der Waals surface area contributed by atoms with Gasteiger partial charge in [0.25, 0.3) is 8.32 Å². The second kappa shape index (κ2) is 15.7. The maximum absolute atomic E-state index is 13.4. The molecule has 0 saturated carbocycles. The topological polar surface area (TPSA) is 88.5 Å². The van der Waals surface area contributed by atoms with Crippen LogP contribution in [0.1, 0.15) is 90.3 Å². The number of amides is 1. The molecule has 1 unspecified atom stereocenters. The Hall–Kier alpha value is -3.59. The average molecular weight is 674 g/mol. The molecule has 2 N–H and O–H groups in total. The second-order valence-electron chi connectivity index (χ2n) is 14.6. The quantitative estimate of drug-likeness (QED) is 0.106. The van der Waals surface area contributed by atoms with E-state index in [4.69, 9.17) is 14.2 Å². The van der Waals surface area contributed by atoms with Crippen molar-refractivity contribution in [3.05, 3.63) is 96.1 Å². The average Bonchev–Trinajstić information content (AvgIpc) is 3.06.